The predicted octanol–water partition coefficient (Wildman–Crippen LogP) is 0.734. The molecule has 0 heterocycles. The van der Waals surface area contributed by atoms with Gasteiger partial charge >= 0.3 is 5.97 Å². The van der Waals surface area contributed by atoms with E-state index in [1.54, 1.807) is 34.6 Å². The van der Waals surface area contributed by atoms with Crippen LogP contribution in [0.25, 0.3) is 0 Å². The number of esters is 1. The first-order valence-corrected chi connectivity index (χ1v) is 6.34. The van der Waals surface area contributed by atoms with Crippen molar-refractivity contribution in [2.45, 2.75) is 59.1 Å². The van der Waals surface area contributed by atoms with Gasteiger partial charge in [-0.1, -0.05) is 13.8 Å². The summed E-state index contributed by atoms with van der Waals surface area (Å²) in [6, 6.07) is -0.731. The van der Waals surface area contributed by atoms with Gasteiger partial charge < -0.3 is 10.5 Å². The minimum Gasteiger partial charge on any atom is -0.460 e. The zero-order valence-electron chi connectivity index (χ0n) is 12.3. The van der Waals surface area contributed by atoms with Crippen LogP contribution in [0.4, 0.5) is 0 Å². The van der Waals surface area contributed by atoms with Gasteiger partial charge in [0.2, 0.25) is 11.8 Å². The van der Waals surface area contributed by atoms with E-state index in [9.17, 15) is 14.4 Å². The van der Waals surface area contributed by atoms with E-state index in [4.69, 9.17) is 10.5 Å². The summed E-state index contributed by atoms with van der Waals surface area (Å²) in [5, 5.41) is 2.17. The summed E-state index contributed by atoms with van der Waals surface area (Å²) >= 11 is 0. The van der Waals surface area contributed by atoms with Gasteiger partial charge in [0.1, 0.15) is 5.60 Å². The lowest BCUT2D eigenvalue weighted by Crippen LogP contribution is -2.46. The van der Waals surface area contributed by atoms with Crippen molar-refractivity contribution in [2.24, 2.45) is 11.7 Å². The van der Waals surface area contributed by atoms with Gasteiger partial charge in [-0.25, -0.2) is 0 Å². The van der Waals surface area contributed by atoms with Crippen LogP contribution in [0.5, 0.6) is 0 Å². The standard InChI is InChI=1S/C13H24N2O4/c1-8(2)11(14)12(18)15-9(16)6-7-10(17)19-13(3,4)5/h8,11H,6-7,14H2,1-5H3,(H,15,16,18)/t11-/m0/s1. The van der Waals surface area contributed by atoms with Crippen LogP contribution in [-0.4, -0.2) is 29.4 Å². The first-order chi connectivity index (χ1) is 8.53. The number of nitrogens with one attached hydrogen (secondary N) is 1. The van der Waals surface area contributed by atoms with Gasteiger partial charge in [0, 0.05) is 6.42 Å². The van der Waals surface area contributed by atoms with Crippen LogP contribution in [0.1, 0.15) is 47.5 Å². The molecule has 0 unspecified atom stereocenters. The molecule has 2 amide bonds. The molecule has 0 aromatic heterocycles. The summed E-state index contributed by atoms with van der Waals surface area (Å²) in [5.41, 5.74) is 5.01. The molecular formula is C13H24N2O4. The van der Waals surface area contributed by atoms with E-state index in [1.165, 1.54) is 0 Å². The third-order valence-corrected chi connectivity index (χ3v) is 2.26. The maximum absolute atomic E-state index is 11.5. The monoisotopic (exact) mass is 272 g/mol. The molecule has 6 nitrogen and oxygen atoms in total. The molecule has 19 heavy (non-hydrogen) atoms. The minimum atomic E-state index is -0.731. The minimum absolute atomic E-state index is 0.0568. The highest BCUT2D eigenvalue weighted by Crippen LogP contribution is 2.09. The molecule has 0 aromatic carbocycles. The fourth-order valence-corrected chi connectivity index (χ4v) is 1.19. The Morgan fingerprint density at radius 1 is 1.16 bits per heavy atom. The molecule has 3 N–H and O–H groups in total. The first-order valence-electron chi connectivity index (χ1n) is 6.34. The molecule has 0 bridgehead atoms. The van der Waals surface area contributed by atoms with Crippen LogP contribution in [-0.2, 0) is 19.1 Å². The number of nitrogens with two attached hydrogens (primary N) is 1. The Kier molecular flexibility index (Phi) is 6.69. The summed E-state index contributed by atoms with van der Waals surface area (Å²) < 4.78 is 5.05. The van der Waals surface area contributed by atoms with Crippen LogP contribution in [0, 0.1) is 5.92 Å². The van der Waals surface area contributed by atoms with Gasteiger partial charge in [-0.15, -0.1) is 0 Å². The number of hydrogen-bond acceptors (Lipinski definition) is 5. The summed E-state index contributed by atoms with van der Waals surface area (Å²) in [7, 11) is 0. The van der Waals surface area contributed by atoms with Crippen molar-refractivity contribution in [1.82, 2.24) is 5.32 Å². The van der Waals surface area contributed by atoms with Gasteiger partial charge in [-0.05, 0) is 26.7 Å². The Morgan fingerprint density at radius 3 is 2.11 bits per heavy atom. The highest BCUT2D eigenvalue weighted by Gasteiger charge is 2.21. The zero-order valence-corrected chi connectivity index (χ0v) is 12.3. The summed E-state index contributed by atoms with van der Waals surface area (Å²) in [6.45, 7) is 8.81. The van der Waals surface area contributed by atoms with E-state index < -0.39 is 29.4 Å². The Labute approximate surface area is 114 Å². The SMILES string of the molecule is CC(C)[C@H](N)C(=O)NC(=O)CCC(=O)OC(C)(C)C. The van der Waals surface area contributed by atoms with E-state index in [1.807, 2.05) is 0 Å². The fraction of sp³-hybridized carbons (Fsp3) is 0.769. The Morgan fingerprint density at radius 2 is 1.68 bits per heavy atom. The van der Waals surface area contributed by atoms with Crippen molar-refractivity contribution in [3.8, 4) is 0 Å². The van der Waals surface area contributed by atoms with Gasteiger partial charge in [-0.3, -0.25) is 19.7 Å². The van der Waals surface area contributed by atoms with Crippen molar-refractivity contribution in [3.05, 3.63) is 0 Å². The molecule has 0 fully saturated rings. The van der Waals surface area contributed by atoms with E-state index >= 15 is 0 Å². The highest BCUT2D eigenvalue weighted by atomic mass is 16.6. The predicted molar refractivity (Wildman–Crippen MR) is 71.0 cm³/mol. The topological polar surface area (TPSA) is 98.5 Å². The van der Waals surface area contributed by atoms with Crippen LogP contribution >= 0.6 is 0 Å². The van der Waals surface area contributed by atoms with E-state index in [2.05, 4.69) is 5.32 Å². The maximum atomic E-state index is 11.5. The molecule has 0 aromatic rings. The summed E-state index contributed by atoms with van der Waals surface area (Å²) in [6.07, 6.45) is -0.154. The molecule has 0 saturated carbocycles. The smallest absolute Gasteiger partial charge is 0.306 e. The average Bonchev–Trinajstić information content (AvgIpc) is 2.22. The largest absolute Gasteiger partial charge is 0.460 e. The molecule has 0 rings (SSSR count). The van der Waals surface area contributed by atoms with Crippen molar-refractivity contribution >= 4 is 17.8 Å². The van der Waals surface area contributed by atoms with Gasteiger partial charge in [0.05, 0.1) is 12.5 Å². The molecule has 1 atom stereocenters. The second-order valence-electron chi connectivity index (χ2n) is 5.77. The van der Waals surface area contributed by atoms with Crippen molar-refractivity contribution < 1.29 is 19.1 Å². The molecular weight excluding hydrogens is 248 g/mol. The lowest BCUT2D eigenvalue weighted by molar-refractivity contribution is -0.156. The molecule has 6 heteroatoms. The molecule has 0 spiro atoms. The van der Waals surface area contributed by atoms with Gasteiger partial charge in [-0.2, -0.15) is 0 Å². The van der Waals surface area contributed by atoms with Crippen LogP contribution in [0.2, 0.25) is 0 Å². The van der Waals surface area contributed by atoms with Crippen molar-refractivity contribution in [1.29, 1.82) is 0 Å². The van der Waals surface area contributed by atoms with Crippen LogP contribution in [0.3, 0.4) is 0 Å². The van der Waals surface area contributed by atoms with Crippen molar-refractivity contribution in [3.63, 3.8) is 0 Å². The van der Waals surface area contributed by atoms with Gasteiger partial charge in [0.25, 0.3) is 0 Å². The fourth-order valence-electron chi connectivity index (χ4n) is 1.19. The zero-order chi connectivity index (χ0) is 15.2. The Hall–Kier alpha value is -1.43. The number of hydrogen-bond donors (Lipinski definition) is 2. The number of carbonyl (C=O) groups is 3. The summed E-state index contributed by atoms with van der Waals surface area (Å²) in [4.78, 5) is 34.3. The molecule has 110 valence electrons. The molecule has 0 aliphatic heterocycles. The van der Waals surface area contributed by atoms with E-state index in [-0.39, 0.29) is 18.8 Å². The average molecular weight is 272 g/mol. The van der Waals surface area contributed by atoms with E-state index in [0.29, 0.717) is 0 Å². The maximum Gasteiger partial charge on any atom is 0.306 e. The van der Waals surface area contributed by atoms with Crippen molar-refractivity contribution in [2.75, 3.05) is 0 Å². The lowest BCUT2D eigenvalue weighted by atomic mass is 10.1. The summed E-state index contributed by atoms with van der Waals surface area (Å²) in [5.74, 6) is -1.57. The second kappa shape index (κ2) is 7.23. The third kappa shape index (κ3) is 8.31. The molecule has 0 radical (unpaired) electrons. The molecule has 0 aliphatic rings. The van der Waals surface area contributed by atoms with Crippen LogP contribution < -0.4 is 11.1 Å². The lowest BCUT2D eigenvalue weighted by Gasteiger charge is -2.19. The van der Waals surface area contributed by atoms with E-state index in [0.717, 1.165) is 0 Å². The number of ether oxygens (including phenoxy) is 1. The number of carbonyl (C=O) groups excluding carboxylic acids is 3. The normalized spacial score (nSPS) is 13.0. The number of rotatable bonds is 5. The number of imide groups is 1. The Bertz CT molecular complexity index is 345. The first kappa shape index (κ1) is 17.6. The third-order valence-electron chi connectivity index (χ3n) is 2.26. The Balaban J connectivity index is 4.07. The molecule has 0 saturated heterocycles. The van der Waals surface area contributed by atoms with Gasteiger partial charge in [0.15, 0.2) is 0 Å². The number of amides is 2. The quantitative estimate of drug-likeness (QED) is 0.719. The highest BCUT2D eigenvalue weighted by molar-refractivity contribution is 5.98. The molecule has 0 aliphatic carbocycles. The van der Waals surface area contributed by atoms with Crippen LogP contribution in [0.15, 0.2) is 0 Å². The second-order valence-corrected chi connectivity index (χ2v) is 5.77.